The van der Waals surface area contributed by atoms with Crippen molar-refractivity contribution in [3.8, 4) is 5.75 Å². The third kappa shape index (κ3) is 11.4. The number of para-hydroxylation sites is 1. The molecule has 4 aromatic rings. The van der Waals surface area contributed by atoms with Gasteiger partial charge in [0.25, 0.3) is 0 Å². The van der Waals surface area contributed by atoms with Crippen LogP contribution in [0.15, 0.2) is 139 Å². The van der Waals surface area contributed by atoms with E-state index in [0.717, 1.165) is 49.7 Å². The Labute approximate surface area is 258 Å². The van der Waals surface area contributed by atoms with Crippen molar-refractivity contribution in [1.82, 2.24) is 0 Å². The molecule has 0 aromatic heterocycles. The van der Waals surface area contributed by atoms with E-state index >= 15 is 0 Å². The molecule has 0 aliphatic heterocycles. The van der Waals surface area contributed by atoms with Gasteiger partial charge < -0.3 is 4.74 Å². The molecule has 201 valence electrons. The average Bonchev–Trinajstić information content (AvgIpc) is 3.47. The maximum absolute atomic E-state index is 6.45. The van der Waals surface area contributed by atoms with E-state index in [2.05, 4.69) is 118 Å². The van der Waals surface area contributed by atoms with Gasteiger partial charge in [-0.3, -0.25) is 6.08 Å². The molecule has 0 atom stereocenters. The van der Waals surface area contributed by atoms with Gasteiger partial charge in [-0.2, -0.15) is 6.08 Å². The van der Waals surface area contributed by atoms with E-state index in [1.165, 1.54) is 11.1 Å². The normalized spacial score (nSPS) is 12.2. The van der Waals surface area contributed by atoms with E-state index in [9.17, 15) is 0 Å². The third-order valence-electron chi connectivity index (χ3n) is 5.71. The van der Waals surface area contributed by atoms with Crippen molar-refractivity contribution < 1.29 is 26.5 Å². The number of benzene rings is 4. The zero-order chi connectivity index (χ0) is 27.7. The van der Waals surface area contributed by atoms with E-state index in [1.54, 1.807) is 0 Å². The summed E-state index contributed by atoms with van der Waals surface area (Å²) in [4.78, 5) is 0. The fourth-order valence-electron chi connectivity index (χ4n) is 3.76. The number of rotatable bonds is 6. The van der Waals surface area contributed by atoms with Crippen LogP contribution in [-0.4, -0.2) is 9.52 Å². The van der Waals surface area contributed by atoms with Gasteiger partial charge in [0.15, 0.2) is 0 Å². The zero-order valence-corrected chi connectivity index (χ0v) is 26.7. The van der Waals surface area contributed by atoms with Gasteiger partial charge >= 0.3 is 0 Å². The number of hydrogen-bond donors (Lipinski definition) is 0. The van der Waals surface area contributed by atoms with E-state index in [4.69, 9.17) is 4.74 Å². The second-order valence-electron chi connectivity index (χ2n) is 9.18. The molecule has 0 spiro atoms. The molecule has 0 saturated carbocycles. The van der Waals surface area contributed by atoms with Crippen molar-refractivity contribution in [2.24, 2.45) is 0 Å². The first-order valence-corrected chi connectivity index (χ1v) is 15.7. The van der Waals surface area contributed by atoms with Crippen molar-refractivity contribution in [1.29, 1.82) is 0 Å². The van der Waals surface area contributed by atoms with Crippen LogP contribution in [0.4, 0.5) is 0 Å². The smallest absolute Gasteiger partial charge is 0.142 e. The van der Waals surface area contributed by atoms with Crippen molar-refractivity contribution >= 4 is 26.9 Å². The minimum atomic E-state index is 0. The van der Waals surface area contributed by atoms with Gasteiger partial charge in [0.2, 0.25) is 0 Å². The van der Waals surface area contributed by atoms with Gasteiger partial charge in [0.05, 0.1) is 0 Å². The second-order valence-corrected chi connectivity index (χ2v) is 10.3. The zero-order valence-electron chi connectivity index (χ0n) is 24.0. The van der Waals surface area contributed by atoms with E-state index in [-0.39, 0.29) is 21.7 Å². The third-order valence-corrected chi connectivity index (χ3v) is 5.71. The molecule has 1 aliphatic rings. The minimum Gasteiger partial charge on any atom is -0.456 e. The molecule has 1 nitrogen and oxygen atoms in total. The summed E-state index contributed by atoms with van der Waals surface area (Å²) in [5, 5.41) is 0. The van der Waals surface area contributed by atoms with Crippen LogP contribution in [0.3, 0.4) is 0 Å². The first-order valence-electron chi connectivity index (χ1n) is 13.4. The molecular weight excluding hydrogens is 536 g/mol. The first-order chi connectivity index (χ1) is 19.1. The van der Waals surface area contributed by atoms with E-state index < -0.39 is 0 Å². The van der Waals surface area contributed by atoms with Gasteiger partial charge in [-0.05, 0) is 30.2 Å². The topological polar surface area (TPSA) is 9.23 Å². The molecule has 0 N–H and O–H groups in total. The van der Waals surface area contributed by atoms with Crippen LogP contribution >= 0.6 is 0 Å². The quantitative estimate of drug-likeness (QED) is 0.0732. The van der Waals surface area contributed by atoms with Gasteiger partial charge in [0, 0.05) is 42.4 Å². The second kappa shape index (κ2) is 18.8. The van der Waals surface area contributed by atoms with Crippen molar-refractivity contribution in [3.63, 3.8) is 0 Å². The summed E-state index contributed by atoms with van der Waals surface area (Å²) in [6, 6.07) is 39.1. The molecule has 0 saturated heterocycles. The number of allylic oxidation sites excluding steroid dienone is 6. The summed E-state index contributed by atoms with van der Waals surface area (Å²) >= 11 is 0. The Balaban J connectivity index is 0.000000483. The predicted molar refractivity (Wildman–Crippen MR) is 172 cm³/mol. The summed E-state index contributed by atoms with van der Waals surface area (Å²) in [7, 11) is 0.750. The van der Waals surface area contributed by atoms with Crippen LogP contribution in [0.2, 0.25) is 13.1 Å². The van der Waals surface area contributed by atoms with E-state index in [0.29, 0.717) is 0 Å². The predicted octanol–water partition coefficient (Wildman–Crippen LogP) is 9.87. The Morgan fingerprint density at radius 1 is 0.725 bits per heavy atom. The molecule has 0 unspecified atom stereocenters. The number of hydrogen-bond acceptors (Lipinski definition) is 1. The fraction of sp³-hybridized carbons (Fsp3) is 0.135. The largest absolute Gasteiger partial charge is 0.456 e. The van der Waals surface area contributed by atoms with Gasteiger partial charge in [-0.25, -0.2) is 11.6 Å². The van der Waals surface area contributed by atoms with Crippen LogP contribution in [0.5, 0.6) is 5.75 Å². The molecular formula is C37H38OSiTi-. The summed E-state index contributed by atoms with van der Waals surface area (Å²) < 4.78 is 6.45. The molecule has 1 radical (unpaired) electrons. The van der Waals surface area contributed by atoms with Crippen molar-refractivity contribution in [2.75, 3.05) is 0 Å². The van der Waals surface area contributed by atoms with Crippen LogP contribution < -0.4 is 4.74 Å². The number of ether oxygens (including phenoxy) is 1. The van der Waals surface area contributed by atoms with Crippen LogP contribution in [0.25, 0.3) is 17.4 Å². The van der Waals surface area contributed by atoms with Gasteiger partial charge in [-0.15, -0.1) is 6.42 Å². The van der Waals surface area contributed by atoms with E-state index in [1.807, 2.05) is 54.6 Å². The molecule has 40 heavy (non-hydrogen) atoms. The standard InChI is InChI=1S/C29H24O.C6H7.C2H7Si.Ti/c1-23-17-19-24(20-18-23)21-22-28(25-11-5-2-6-12-25)29(26-13-7-3-8-14-26)30-27-15-9-4-10-16-27;1-6-4-2-3-5-6;1-3-2;/h2-22H,1H3;2,4H,3H2,1H3;3H,1-2H3;/q;-1;;. The Morgan fingerprint density at radius 2 is 1.25 bits per heavy atom. The number of aryl methyl sites for hydroxylation is 1. The molecule has 3 heteroatoms. The van der Waals surface area contributed by atoms with Gasteiger partial charge in [-0.1, -0.05) is 141 Å². The van der Waals surface area contributed by atoms with Crippen molar-refractivity contribution in [2.45, 2.75) is 33.4 Å². The Kier molecular flexibility index (Phi) is 15.4. The molecule has 0 amide bonds. The van der Waals surface area contributed by atoms with Crippen molar-refractivity contribution in [3.05, 3.63) is 167 Å². The molecule has 5 rings (SSSR count). The molecule has 0 fully saturated rings. The summed E-state index contributed by atoms with van der Waals surface area (Å²) in [6.45, 7) is 8.58. The first kappa shape index (κ1) is 32.8. The SMILES string of the molecule is CC1=[C-]CC=C1.C[SiH]C.Cc1ccc(C=CC(=C(Oc2ccccc2)c2ccccc2)c2ccccc2)cc1.[Ti]. The Morgan fingerprint density at radius 3 is 1.73 bits per heavy atom. The monoisotopic (exact) mass is 574 g/mol. The van der Waals surface area contributed by atoms with Crippen LogP contribution in [0.1, 0.15) is 35.6 Å². The molecule has 0 heterocycles. The summed E-state index contributed by atoms with van der Waals surface area (Å²) in [5.74, 6) is 1.64. The summed E-state index contributed by atoms with van der Waals surface area (Å²) in [5.41, 5.74) is 6.86. The fourth-order valence-corrected chi connectivity index (χ4v) is 3.76. The maximum Gasteiger partial charge on any atom is 0.142 e. The van der Waals surface area contributed by atoms with Crippen LogP contribution in [-0.2, 0) is 21.7 Å². The molecule has 1 aliphatic carbocycles. The average molecular weight is 575 g/mol. The Bertz CT molecular complexity index is 1370. The molecule has 0 bridgehead atoms. The van der Waals surface area contributed by atoms with Gasteiger partial charge in [0.1, 0.15) is 11.5 Å². The van der Waals surface area contributed by atoms with Crippen LogP contribution in [0, 0.1) is 13.0 Å². The maximum atomic E-state index is 6.45. The molecule has 4 aromatic carbocycles. The Hall–Kier alpha value is -3.43. The minimum absolute atomic E-state index is 0. The summed E-state index contributed by atoms with van der Waals surface area (Å²) in [6.07, 6.45) is 12.6.